The molecule has 0 amide bonds. The Bertz CT molecular complexity index is 1420. The van der Waals surface area contributed by atoms with Crippen LogP contribution in [0.5, 0.6) is 0 Å². The number of aromatic nitrogens is 2. The van der Waals surface area contributed by atoms with Crippen LogP contribution in [0.2, 0.25) is 0 Å². The van der Waals surface area contributed by atoms with Crippen molar-refractivity contribution in [3.63, 3.8) is 0 Å². The van der Waals surface area contributed by atoms with Crippen LogP contribution in [0.25, 0.3) is 0 Å². The van der Waals surface area contributed by atoms with E-state index in [-0.39, 0.29) is 12.5 Å². The molecule has 12 heteroatoms. The Morgan fingerprint density at radius 2 is 1.52 bits per heavy atom. The van der Waals surface area contributed by atoms with Crippen LogP contribution in [0, 0.1) is 11.5 Å². The van der Waals surface area contributed by atoms with Crippen LogP contribution >= 0.6 is 0 Å². The summed E-state index contributed by atoms with van der Waals surface area (Å²) in [5, 5.41) is 14.6. The molecule has 0 aliphatic rings. The summed E-state index contributed by atoms with van der Waals surface area (Å²) in [6.07, 6.45) is -3.96. The summed E-state index contributed by atoms with van der Waals surface area (Å²) >= 11 is 0. The molecule has 6 nitrogen and oxygen atoms in total. The predicted octanol–water partition coefficient (Wildman–Crippen LogP) is 6.47. The molecule has 0 bridgehead atoms. The predicted molar refractivity (Wildman–Crippen MR) is 135 cm³/mol. The van der Waals surface area contributed by atoms with Crippen molar-refractivity contribution in [3.8, 4) is 6.19 Å². The van der Waals surface area contributed by atoms with Crippen molar-refractivity contribution in [1.29, 1.82) is 5.26 Å². The van der Waals surface area contributed by atoms with Gasteiger partial charge in [-0.05, 0) is 34.9 Å². The van der Waals surface area contributed by atoms with Gasteiger partial charge >= 0.3 is 12.4 Å². The first-order chi connectivity index (χ1) is 19.1. The lowest BCUT2D eigenvalue weighted by atomic mass is 9.96. The van der Waals surface area contributed by atoms with Gasteiger partial charge < -0.3 is 9.88 Å². The van der Waals surface area contributed by atoms with E-state index < -0.39 is 41.1 Å². The molecule has 40 heavy (non-hydrogen) atoms. The third-order valence-corrected chi connectivity index (χ3v) is 5.99. The number of alkyl halides is 6. The first-order valence-electron chi connectivity index (χ1n) is 11.9. The van der Waals surface area contributed by atoms with Gasteiger partial charge in [0.05, 0.1) is 23.5 Å². The molecular weight excluding hydrogens is 534 g/mol. The highest BCUT2D eigenvalue weighted by molar-refractivity contribution is 5.82. The van der Waals surface area contributed by atoms with Crippen molar-refractivity contribution in [2.24, 2.45) is 4.99 Å². The third-order valence-electron chi connectivity index (χ3n) is 5.99. The van der Waals surface area contributed by atoms with Crippen LogP contribution in [0.1, 0.15) is 39.9 Å². The number of halogens is 6. The quantitative estimate of drug-likeness (QED) is 0.0900. The molecule has 0 radical (unpaired) electrons. The fourth-order valence-electron chi connectivity index (χ4n) is 4.18. The minimum Gasteiger partial charge on any atom is -0.347 e. The van der Waals surface area contributed by atoms with Crippen molar-refractivity contribution in [1.82, 2.24) is 20.2 Å². The maximum atomic E-state index is 14.0. The third kappa shape index (κ3) is 6.99. The Morgan fingerprint density at radius 3 is 2.02 bits per heavy atom. The Hall–Kier alpha value is -4.79. The van der Waals surface area contributed by atoms with Crippen LogP contribution in [0.4, 0.5) is 26.3 Å². The highest BCUT2D eigenvalue weighted by atomic mass is 19.4. The van der Waals surface area contributed by atoms with Crippen LogP contribution in [0.15, 0.2) is 103 Å². The lowest BCUT2D eigenvalue weighted by Gasteiger charge is -2.26. The summed E-state index contributed by atoms with van der Waals surface area (Å²) in [7, 11) is 0. The molecule has 1 heterocycles. The first kappa shape index (κ1) is 28.2. The number of aliphatic imine (C=N–C) groups is 1. The normalized spacial score (nSPS) is 13.1. The average Bonchev–Trinajstić information content (AvgIpc) is 3.44. The van der Waals surface area contributed by atoms with Gasteiger partial charge in [-0.1, -0.05) is 60.7 Å². The van der Waals surface area contributed by atoms with Crippen molar-refractivity contribution >= 4 is 5.96 Å². The van der Waals surface area contributed by atoms with E-state index in [2.05, 4.69) is 20.6 Å². The Balaban J connectivity index is 1.85. The molecule has 0 fully saturated rings. The molecule has 3 aromatic carbocycles. The fourth-order valence-corrected chi connectivity index (χ4v) is 4.18. The molecule has 0 saturated carbocycles. The number of rotatable bonds is 7. The maximum Gasteiger partial charge on any atom is 0.416 e. The smallest absolute Gasteiger partial charge is 0.347 e. The fraction of sp³-hybridized carbons (Fsp3) is 0.179. The molecule has 4 rings (SSSR count). The number of benzene rings is 3. The highest BCUT2D eigenvalue weighted by Crippen LogP contribution is 2.39. The van der Waals surface area contributed by atoms with Crippen molar-refractivity contribution < 1.29 is 26.3 Å². The second kappa shape index (κ2) is 11.9. The van der Waals surface area contributed by atoms with E-state index in [0.717, 1.165) is 0 Å². The molecule has 0 spiro atoms. The van der Waals surface area contributed by atoms with E-state index in [0.29, 0.717) is 29.3 Å². The number of nitrogens with one attached hydrogen (secondary N) is 2. The Kier molecular flexibility index (Phi) is 8.43. The molecular formula is C28H22F6N6. The minimum absolute atomic E-state index is 0.226. The maximum absolute atomic E-state index is 14.0. The monoisotopic (exact) mass is 556 g/mol. The molecule has 4 aromatic rings. The molecule has 0 aliphatic heterocycles. The molecule has 1 aromatic heterocycles. The zero-order valence-corrected chi connectivity index (χ0v) is 20.7. The van der Waals surface area contributed by atoms with E-state index in [4.69, 9.17) is 0 Å². The van der Waals surface area contributed by atoms with Gasteiger partial charge in [0.2, 0.25) is 5.96 Å². The van der Waals surface area contributed by atoms with Crippen LogP contribution < -0.4 is 10.6 Å². The topological polar surface area (TPSA) is 78.0 Å². The number of imidazole rings is 1. The summed E-state index contributed by atoms with van der Waals surface area (Å²) in [6, 6.07) is 17.1. The molecule has 2 N–H and O–H groups in total. The molecule has 0 saturated heterocycles. The largest absolute Gasteiger partial charge is 0.416 e. The van der Waals surface area contributed by atoms with Gasteiger partial charge in [0.1, 0.15) is 6.04 Å². The van der Waals surface area contributed by atoms with Gasteiger partial charge in [-0.3, -0.25) is 5.32 Å². The zero-order valence-electron chi connectivity index (χ0n) is 20.7. The van der Waals surface area contributed by atoms with Gasteiger partial charge in [0.15, 0.2) is 6.19 Å². The van der Waals surface area contributed by atoms with E-state index in [1.54, 1.807) is 66.9 Å². The summed E-state index contributed by atoms with van der Waals surface area (Å²) in [5.74, 6) is -0.226. The number of hydrogen-bond donors (Lipinski definition) is 2. The summed E-state index contributed by atoms with van der Waals surface area (Å²) < 4.78 is 84.2. The summed E-state index contributed by atoms with van der Waals surface area (Å²) in [6.45, 7) is -0.252. The second-order valence-corrected chi connectivity index (χ2v) is 8.69. The standard InChI is InChI=1S/C28H22F6N6/c29-27(30,31)21-11-12-23(28(32,33)34)22(15-21)24(16-40-14-13-36-18-40)38-26(37-17-35)39-25(19-7-3-1-4-8-19)20-9-5-2-6-10-20/h1-15,18,24-25H,16H2,(H2,37,38,39). The number of guanidine groups is 1. The highest BCUT2D eigenvalue weighted by Gasteiger charge is 2.39. The van der Waals surface area contributed by atoms with E-state index in [9.17, 15) is 31.6 Å². The minimum atomic E-state index is -4.95. The van der Waals surface area contributed by atoms with Crippen molar-refractivity contribution in [2.75, 3.05) is 0 Å². The molecule has 1 unspecified atom stereocenters. The number of nitrogens with zero attached hydrogens (tertiary/aromatic N) is 4. The lowest BCUT2D eigenvalue weighted by molar-refractivity contribution is -0.142. The van der Waals surface area contributed by atoms with E-state index >= 15 is 0 Å². The number of hydrogen-bond acceptors (Lipinski definition) is 3. The first-order valence-corrected chi connectivity index (χ1v) is 11.9. The van der Waals surface area contributed by atoms with Crippen LogP contribution in [-0.4, -0.2) is 15.5 Å². The van der Waals surface area contributed by atoms with Crippen LogP contribution in [0.3, 0.4) is 0 Å². The average molecular weight is 557 g/mol. The van der Waals surface area contributed by atoms with E-state index in [1.165, 1.54) is 23.3 Å². The lowest BCUT2D eigenvalue weighted by Crippen LogP contribution is -2.40. The summed E-state index contributed by atoms with van der Waals surface area (Å²) in [4.78, 5) is 8.48. The zero-order chi connectivity index (χ0) is 28.8. The Morgan fingerprint density at radius 1 is 0.900 bits per heavy atom. The molecule has 1 atom stereocenters. The van der Waals surface area contributed by atoms with Gasteiger partial charge in [0, 0.05) is 18.9 Å². The van der Waals surface area contributed by atoms with Crippen molar-refractivity contribution in [2.45, 2.75) is 31.0 Å². The molecule has 206 valence electrons. The van der Waals surface area contributed by atoms with Gasteiger partial charge in [-0.25, -0.2) is 9.98 Å². The Labute approximate surface area is 225 Å². The second-order valence-electron chi connectivity index (χ2n) is 8.69. The van der Waals surface area contributed by atoms with Crippen LogP contribution in [-0.2, 0) is 18.9 Å². The van der Waals surface area contributed by atoms with E-state index in [1.807, 2.05) is 0 Å². The van der Waals surface area contributed by atoms with Gasteiger partial charge in [-0.2, -0.15) is 31.6 Å². The van der Waals surface area contributed by atoms with Crippen molar-refractivity contribution in [3.05, 3.63) is 125 Å². The molecule has 0 aliphatic carbocycles. The summed E-state index contributed by atoms with van der Waals surface area (Å²) in [5.41, 5.74) is -1.73. The van der Waals surface area contributed by atoms with Gasteiger partial charge in [0.25, 0.3) is 0 Å². The number of nitriles is 1. The SMILES string of the molecule is N#CNC(=NC(c1ccccc1)c1ccccc1)NC(Cn1ccnc1)c1cc(C(F)(F)F)ccc1C(F)(F)F. The van der Waals surface area contributed by atoms with Gasteiger partial charge in [-0.15, -0.1) is 0 Å².